The van der Waals surface area contributed by atoms with Crippen molar-refractivity contribution in [2.75, 3.05) is 20.2 Å². The van der Waals surface area contributed by atoms with Crippen LogP contribution in [0.25, 0.3) is 11.4 Å². The van der Waals surface area contributed by atoms with Crippen molar-refractivity contribution < 1.29 is 17.7 Å². The molecule has 0 radical (unpaired) electrons. The van der Waals surface area contributed by atoms with Crippen molar-refractivity contribution in [2.45, 2.75) is 24.2 Å². The van der Waals surface area contributed by atoms with E-state index < -0.39 is 10.0 Å². The van der Waals surface area contributed by atoms with E-state index in [9.17, 15) is 8.42 Å². The van der Waals surface area contributed by atoms with Gasteiger partial charge in [-0.25, -0.2) is 8.42 Å². The van der Waals surface area contributed by atoms with Crippen LogP contribution in [0, 0.1) is 0 Å². The van der Waals surface area contributed by atoms with Gasteiger partial charge in [0, 0.05) is 13.1 Å². The minimum Gasteiger partial charge on any atom is -0.496 e. The number of hydrogen-bond donors (Lipinski definition) is 0. The van der Waals surface area contributed by atoms with Crippen LogP contribution in [0.2, 0.25) is 0 Å². The number of aryl methyl sites for hydroxylation is 1. The zero-order valence-electron chi connectivity index (χ0n) is 15.7. The van der Waals surface area contributed by atoms with Gasteiger partial charge in [0.05, 0.1) is 23.5 Å². The van der Waals surface area contributed by atoms with E-state index in [4.69, 9.17) is 9.26 Å². The van der Waals surface area contributed by atoms with Crippen molar-refractivity contribution in [2.24, 2.45) is 0 Å². The van der Waals surface area contributed by atoms with Crippen molar-refractivity contribution in [3.05, 3.63) is 60.0 Å². The Morgan fingerprint density at radius 1 is 1.14 bits per heavy atom. The molecule has 1 aliphatic heterocycles. The second kappa shape index (κ2) is 7.37. The monoisotopic (exact) mass is 399 g/mol. The molecule has 1 fully saturated rings. The van der Waals surface area contributed by atoms with Gasteiger partial charge in [0.2, 0.25) is 21.7 Å². The van der Waals surface area contributed by atoms with Gasteiger partial charge in [-0.3, -0.25) is 0 Å². The number of aromatic nitrogens is 2. The Kier molecular flexibility index (Phi) is 4.91. The Bertz CT molecular complexity index is 1070. The van der Waals surface area contributed by atoms with Gasteiger partial charge in [-0.15, -0.1) is 0 Å². The first kappa shape index (κ1) is 18.6. The minimum absolute atomic E-state index is 0.111. The van der Waals surface area contributed by atoms with Crippen LogP contribution in [0.4, 0.5) is 0 Å². The smallest absolute Gasteiger partial charge is 0.243 e. The summed E-state index contributed by atoms with van der Waals surface area (Å²) in [7, 11) is -1.92. The first-order valence-corrected chi connectivity index (χ1v) is 10.5. The van der Waals surface area contributed by atoms with Crippen LogP contribution in [0.15, 0.2) is 57.9 Å². The summed E-state index contributed by atoms with van der Waals surface area (Å²) in [5.74, 6) is 1.42. The lowest BCUT2D eigenvalue weighted by Crippen LogP contribution is -2.48. The number of ether oxygens (including phenoxy) is 1. The van der Waals surface area contributed by atoms with Gasteiger partial charge in [-0.05, 0) is 36.2 Å². The number of para-hydroxylation sites is 1. The highest BCUT2D eigenvalue weighted by atomic mass is 32.2. The summed E-state index contributed by atoms with van der Waals surface area (Å²) in [6, 6.07) is 14.4. The molecule has 1 saturated heterocycles. The number of nitrogens with zero attached hydrogens (tertiary/aromatic N) is 3. The van der Waals surface area contributed by atoms with Gasteiger partial charge in [0.25, 0.3) is 0 Å². The molecule has 2 aromatic carbocycles. The Morgan fingerprint density at radius 3 is 2.54 bits per heavy atom. The van der Waals surface area contributed by atoms with Crippen molar-refractivity contribution in [1.82, 2.24) is 14.4 Å². The van der Waals surface area contributed by atoms with E-state index in [-0.39, 0.29) is 5.92 Å². The Balaban J connectivity index is 1.47. The maximum Gasteiger partial charge on any atom is 0.243 e. The van der Waals surface area contributed by atoms with E-state index >= 15 is 0 Å². The molecule has 2 heterocycles. The molecule has 0 amide bonds. The fourth-order valence-electron chi connectivity index (χ4n) is 3.18. The van der Waals surface area contributed by atoms with Gasteiger partial charge in [0.15, 0.2) is 0 Å². The molecule has 0 saturated carbocycles. The number of rotatable bonds is 6. The average molecular weight is 399 g/mol. The minimum atomic E-state index is -3.50. The molecule has 0 bridgehead atoms. The lowest BCUT2D eigenvalue weighted by Gasteiger charge is -2.35. The first-order chi connectivity index (χ1) is 13.5. The zero-order chi connectivity index (χ0) is 19.7. The van der Waals surface area contributed by atoms with E-state index in [1.807, 2.05) is 43.3 Å². The summed E-state index contributed by atoms with van der Waals surface area (Å²) in [5, 5.41) is 4.03. The second-order valence-corrected chi connectivity index (χ2v) is 8.61. The third-order valence-corrected chi connectivity index (χ3v) is 6.80. The third kappa shape index (κ3) is 3.29. The molecule has 8 heteroatoms. The summed E-state index contributed by atoms with van der Waals surface area (Å²) < 4.78 is 37.6. The van der Waals surface area contributed by atoms with Crippen LogP contribution in [0.1, 0.15) is 24.3 Å². The molecule has 0 N–H and O–H groups in total. The van der Waals surface area contributed by atoms with Crippen LogP contribution < -0.4 is 4.74 Å². The van der Waals surface area contributed by atoms with Gasteiger partial charge >= 0.3 is 0 Å². The zero-order valence-corrected chi connectivity index (χ0v) is 16.5. The molecule has 28 heavy (non-hydrogen) atoms. The van der Waals surface area contributed by atoms with Gasteiger partial charge in [0.1, 0.15) is 5.75 Å². The molecular formula is C20H21N3O4S. The normalized spacial score (nSPS) is 15.4. The van der Waals surface area contributed by atoms with E-state index in [0.29, 0.717) is 35.4 Å². The second-order valence-electron chi connectivity index (χ2n) is 6.67. The molecule has 3 aromatic rings. The van der Waals surface area contributed by atoms with Crippen LogP contribution in [0.5, 0.6) is 5.75 Å². The lowest BCUT2D eigenvalue weighted by atomic mass is 10.0. The van der Waals surface area contributed by atoms with Gasteiger partial charge in [-0.1, -0.05) is 36.3 Å². The summed E-state index contributed by atoms with van der Waals surface area (Å²) in [6.45, 7) is 2.68. The van der Waals surface area contributed by atoms with E-state index in [1.165, 1.54) is 4.31 Å². The van der Waals surface area contributed by atoms with E-state index in [1.54, 1.807) is 19.2 Å². The summed E-state index contributed by atoms with van der Waals surface area (Å²) in [4.78, 5) is 4.75. The number of hydrogen-bond acceptors (Lipinski definition) is 6. The van der Waals surface area contributed by atoms with Crippen molar-refractivity contribution in [3.63, 3.8) is 0 Å². The third-order valence-electron chi connectivity index (χ3n) is 4.96. The van der Waals surface area contributed by atoms with Crippen LogP contribution in [-0.2, 0) is 16.4 Å². The van der Waals surface area contributed by atoms with Crippen LogP contribution >= 0.6 is 0 Å². The van der Waals surface area contributed by atoms with E-state index in [2.05, 4.69) is 10.1 Å². The molecule has 7 nitrogen and oxygen atoms in total. The number of sulfonamides is 1. The molecule has 0 spiro atoms. The molecule has 146 valence electrons. The molecular weight excluding hydrogens is 378 g/mol. The van der Waals surface area contributed by atoms with Crippen molar-refractivity contribution >= 4 is 10.0 Å². The largest absolute Gasteiger partial charge is 0.496 e. The SMILES string of the molecule is CCc1ccc(S(=O)(=O)N2CC(c3nc(-c4ccccc4OC)no3)C2)cc1. The van der Waals surface area contributed by atoms with Gasteiger partial charge in [-0.2, -0.15) is 9.29 Å². The highest BCUT2D eigenvalue weighted by molar-refractivity contribution is 7.89. The predicted molar refractivity (Wildman–Crippen MR) is 104 cm³/mol. The molecule has 1 aromatic heterocycles. The summed E-state index contributed by atoms with van der Waals surface area (Å²) >= 11 is 0. The van der Waals surface area contributed by atoms with Gasteiger partial charge < -0.3 is 9.26 Å². The highest BCUT2D eigenvalue weighted by Crippen LogP contribution is 2.33. The molecule has 0 atom stereocenters. The number of benzene rings is 2. The Hall–Kier alpha value is -2.71. The average Bonchev–Trinajstić information content (AvgIpc) is 3.16. The molecule has 4 rings (SSSR count). The maximum absolute atomic E-state index is 12.7. The Labute approximate surface area is 164 Å². The van der Waals surface area contributed by atoms with E-state index in [0.717, 1.165) is 17.5 Å². The van der Waals surface area contributed by atoms with Crippen molar-refractivity contribution in [1.29, 1.82) is 0 Å². The first-order valence-electron chi connectivity index (χ1n) is 9.09. The van der Waals surface area contributed by atoms with Crippen molar-refractivity contribution in [3.8, 4) is 17.1 Å². The molecule has 1 aliphatic rings. The number of methoxy groups -OCH3 is 1. The maximum atomic E-state index is 12.7. The lowest BCUT2D eigenvalue weighted by molar-refractivity contribution is 0.217. The fourth-order valence-corrected chi connectivity index (χ4v) is 4.71. The Morgan fingerprint density at radius 2 is 1.86 bits per heavy atom. The highest BCUT2D eigenvalue weighted by Gasteiger charge is 2.40. The molecule has 0 unspecified atom stereocenters. The summed E-state index contributed by atoms with van der Waals surface area (Å²) in [5.41, 5.74) is 1.84. The van der Waals surface area contributed by atoms with Crippen LogP contribution in [0.3, 0.4) is 0 Å². The van der Waals surface area contributed by atoms with Crippen LogP contribution in [-0.4, -0.2) is 43.1 Å². The standard InChI is InChI=1S/C20H21N3O4S/c1-3-14-8-10-16(11-9-14)28(24,25)23-12-15(13-23)20-21-19(22-27-20)17-6-4-5-7-18(17)26-2/h4-11,15H,3,12-13H2,1-2H3. The topological polar surface area (TPSA) is 85.5 Å². The quantitative estimate of drug-likeness (QED) is 0.633. The summed E-state index contributed by atoms with van der Waals surface area (Å²) in [6.07, 6.45) is 0.873. The molecule has 0 aliphatic carbocycles. The fraction of sp³-hybridized carbons (Fsp3) is 0.300. The predicted octanol–water partition coefficient (Wildman–Crippen LogP) is 3.10.